The highest BCUT2D eigenvalue weighted by atomic mass is 16.5. The van der Waals surface area contributed by atoms with E-state index in [-0.39, 0.29) is 12.6 Å². The molecule has 1 saturated heterocycles. The molecule has 0 aromatic carbocycles. The van der Waals surface area contributed by atoms with Gasteiger partial charge in [-0.25, -0.2) is 0 Å². The lowest BCUT2D eigenvalue weighted by Crippen LogP contribution is -2.22. The van der Waals surface area contributed by atoms with Gasteiger partial charge in [0.05, 0.1) is 20.1 Å². The summed E-state index contributed by atoms with van der Waals surface area (Å²) in [6, 6.07) is -0.382. The van der Waals surface area contributed by atoms with Crippen LogP contribution in [0.25, 0.3) is 10.4 Å². The Bertz CT molecular complexity index is 183. The topological polar surface area (TPSA) is 78.2 Å². The van der Waals surface area contributed by atoms with E-state index in [9.17, 15) is 0 Å². The number of aliphatic hydroxyl groups excluding tert-OH is 1. The normalized spacial score (nSPS) is 40.5. The molecule has 56 valence electrons. The molecule has 1 fully saturated rings. The van der Waals surface area contributed by atoms with Crippen LogP contribution in [-0.2, 0) is 4.74 Å². The smallest absolute Gasteiger partial charge is 0.0891 e. The fraction of sp³-hybridized carbons (Fsp3) is 1.00. The Labute approximate surface area is 59.6 Å². The van der Waals surface area contributed by atoms with Crippen LogP contribution in [0.1, 0.15) is 7.79 Å². The van der Waals surface area contributed by atoms with Crippen LogP contribution in [0.4, 0.5) is 0 Å². The summed E-state index contributed by atoms with van der Waals surface area (Å²) in [6.45, 7) is -0.860. The van der Waals surface area contributed by atoms with Gasteiger partial charge in [0, 0.05) is 11.5 Å². The molecular formula is C5H9N3O2. The van der Waals surface area contributed by atoms with E-state index in [1.54, 1.807) is 0 Å². The molecule has 1 heterocycles. The number of ether oxygens (including phenoxy) is 1. The molecule has 0 unspecified atom stereocenters. The van der Waals surface area contributed by atoms with Crippen LogP contribution in [0.5, 0.6) is 0 Å². The summed E-state index contributed by atoms with van der Waals surface area (Å²) in [5.74, 6) is 0. The number of azide groups is 1. The van der Waals surface area contributed by atoms with E-state index in [1.165, 1.54) is 0 Å². The first-order valence-corrected chi connectivity index (χ1v) is 3.00. The highest BCUT2D eigenvalue weighted by Crippen LogP contribution is 2.16. The van der Waals surface area contributed by atoms with Crippen molar-refractivity contribution in [1.29, 1.82) is 0 Å². The molecule has 3 atom stereocenters. The summed E-state index contributed by atoms with van der Waals surface area (Å²) in [7, 11) is 0. The highest BCUT2D eigenvalue weighted by Gasteiger charge is 2.25. The molecule has 1 rings (SSSR count). The maximum absolute atomic E-state index is 8.69. The van der Waals surface area contributed by atoms with Crippen molar-refractivity contribution in [2.45, 2.75) is 18.6 Å². The van der Waals surface area contributed by atoms with Crippen LogP contribution in [-0.4, -0.2) is 30.4 Å². The summed E-state index contributed by atoms with van der Waals surface area (Å²) in [5.41, 5.74) is 8.09. The fourth-order valence-corrected chi connectivity index (χ4v) is 0.873. The van der Waals surface area contributed by atoms with Crippen molar-refractivity contribution in [3.63, 3.8) is 0 Å². The Balaban J connectivity index is 2.56. The summed E-state index contributed by atoms with van der Waals surface area (Å²) in [6.07, 6.45) is -0.122. The molecule has 1 N–H and O–H groups in total. The van der Waals surface area contributed by atoms with Crippen molar-refractivity contribution < 1.29 is 11.2 Å². The quantitative estimate of drug-likeness (QED) is 0.347. The third-order valence-corrected chi connectivity index (χ3v) is 1.42. The zero-order valence-electron chi connectivity index (χ0n) is 6.34. The SMILES string of the molecule is [3H][C@H]1C[C@H](N=[N+]=[N-])[C@@H](CO)O1. The fourth-order valence-electron chi connectivity index (χ4n) is 0.873. The predicted octanol–water partition coefficient (Wildman–Crippen LogP) is 0.447. The Morgan fingerprint density at radius 3 is 3.40 bits per heavy atom. The van der Waals surface area contributed by atoms with Crippen LogP contribution >= 0.6 is 0 Å². The maximum atomic E-state index is 8.69. The lowest BCUT2D eigenvalue weighted by molar-refractivity contribution is 0.0529. The third kappa shape index (κ3) is 1.39. The lowest BCUT2D eigenvalue weighted by Gasteiger charge is -2.08. The first-order chi connectivity index (χ1) is 5.27. The molecule has 0 amide bonds. The second-order valence-corrected chi connectivity index (χ2v) is 2.03. The van der Waals surface area contributed by atoms with Crippen LogP contribution in [0.2, 0.25) is 0 Å². The maximum Gasteiger partial charge on any atom is 0.0891 e. The summed E-state index contributed by atoms with van der Waals surface area (Å²) < 4.78 is 12.1. The van der Waals surface area contributed by atoms with Crippen molar-refractivity contribution in [3.05, 3.63) is 10.4 Å². The van der Waals surface area contributed by atoms with Crippen molar-refractivity contribution in [3.8, 4) is 0 Å². The van der Waals surface area contributed by atoms with E-state index in [1.807, 2.05) is 0 Å². The molecule has 5 nitrogen and oxygen atoms in total. The third-order valence-electron chi connectivity index (χ3n) is 1.42. The molecule has 1 aliphatic rings. The molecular weight excluding hydrogens is 134 g/mol. The second kappa shape index (κ2) is 3.41. The monoisotopic (exact) mass is 145 g/mol. The van der Waals surface area contributed by atoms with Gasteiger partial charge in [-0.1, -0.05) is 5.11 Å². The van der Waals surface area contributed by atoms with Gasteiger partial charge in [-0.3, -0.25) is 0 Å². The zero-order valence-corrected chi connectivity index (χ0v) is 5.34. The van der Waals surface area contributed by atoms with Crippen LogP contribution < -0.4 is 0 Å². The molecule has 0 aromatic heterocycles. The highest BCUT2D eigenvalue weighted by molar-refractivity contribution is 4.81. The minimum Gasteiger partial charge on any atom is -0.394 e. The minimum absolute atomic E-state index is 0.195. The van der Waals surface area contributed by atoms with Crippen molar-refractivity contribution >= 4 is 0 Å². The van der Waals surface area contributed by atoms with Gasteiger partial charge in [-0.15, -0.1) is 0 Å². The number of aliphatic hydroxyl groups is 1. The van der Waals surface area contributed by atoms with Gasteiger partial charge >= 0.3 is 0 Å². The van der Waals surface area contributed by atoms with Crippen molar-refractivity contribution in [2.75, 3.05) is 13.2 Å². The largest absolute Gasteiger partial charge is 0.394 e. The number of rotatable bonds is 2. The van der Waals surface area contributed by atoms with Crippen molar-refractivity contribution in [2.24, 2.45) is 5.11 Å². The average molecular weight is 145 g/mol. The molecule has 0 bridgehead atoms. The molecule has 10 heavy (non-hydrogen) atoms. The first kappa shape index (κ1) is 5.97. The van der Waals surface area contributed by atoms with E-state index in [0.29, 0.717) is 6.42 Å². The van der Waals surface area contributed by atoms with E-state index in [2.05, 4.69) is 10.0 Å². The standard InChI is InChI=1S/C5H9N3O2/c6-8-7-4-1-2-10-5(4)3-9/h4-5,9H,1-3H2/t4-,5+/m0/s1/i2T/t2-,4-,5+. The molecule has 0 aliphatic carbocycles. The molecule has 0 spiro atoms. The molecule has 0 aromatic rings. The first-order valence-electron chi connectivity index (χ1n) is 3.58. The number of hydrogen-bond acceptors (Lipinski definition) is 3. The number of nitrogens with zero attached hydrogens (tertiary/aromatic N) is 3. The van der Waals surface area contributed by atoms with Crippen LogP contribution in [0.15, 0.2) is 5.11 Å². The van der Waals surface area contributed by atoms with E-state index >= 15 is 0 Å². The van der Waals surface area contributed by atoms with Gasteiger partial charge in [0.15, 0.2) is 0 Å². The van der Waals surface area contributed by atoms with Gasteiger partial charge in [-0.2, -0.15) is 0 Å². The van der Waals surface area contributed by atoms with Gasteiger partial charge in [0.2, 0.25) is 0 Å². The zero-order chi connectivity index (χ0) is 8.27. The number of hydrogen-bond donors (Lipinski definition) is 1. The average Bonchev–Trinajstić information content (AvgIpc) is 2.32. The van der Waals surface area contributed by atoms with Crippen molar-refractivity contribution in [1.82, 2.24) is 0 Å². The van der Waals surface area contributed by atoms with E-state index in [4.69, 9.17) is 16.7 Å². The Morgan fingerprint density at radius 2 is 2.80 bits per heavy atom. The molecule has 0 saturated carbocycles. The predicted molar refractivity (Wildman–Crippen MR) is 34.4 cm³/mol. The molecule has 1 aliphatic heterocycles. The van der Waals surface area contributed by atoms with E-state index in [0.717, 1.165) is 0 Å². The molecule has 0 radical (unpaired) electrons. The van der Waals surface area contributed by atoms with Gasteiger partial charge in [-0.05, 0) is 12.0 Å². The van der Waals surface area contributed by atoms with Crippen LogP contribution in [0, 0.1) is 0 Å². The minimum atomic E-state index is -0.664. The van der Waals surface area contributed by atoms with Gasteiger partial charge in [0.25, 0.3) is 0 Å². The Hall–Kier alpha value is -0.770. The van der Waals surface area contributed by atoms with E-state index < -0.39 is 12.7 Å². The Morgan fingerprint density at radius 1 is 2.00 bits per heavy atom. The van der Waals surface area contributed by atoms with Gasteiger partial charge < -0.3 is 9.84 Å². The lowest BCUT2D eigenvalue weighted by atomic mass is 10.2. The summed E-state index contributed by atoms with van der Waals surface area (Å²) in [5, 5.41) is 12.1. The second-order valence-electron chi connectivity index (χ2n) is 2.03. The summed E-state index contributed by atoms with van der Waals surface area (Å²) in [4.78, 5) is 2.60. The Kier molecular flexibility index (Phi) is 2.04. The molecule has 5 heteroatoms. The van der Waals surface area contributed by atoms with Gasteiger partial charge in [0.1, 0.15) is 0 Å². The van der Waals surface area contributed by atoms with Crippen LogP contribution in [0.3, 0.4) is 0 Å². The summed E-state index contributed by atoms with van der Waals surface area (Å²) >= 11 is 0.